The molecule has 0 radical (unpaired) electrons. The molecule has 1 aliphatic rings. The molecule has 0 aliphatic heterocycles. The van der Waals surface area contributed by atoms with E-state index in [1.807, 2.05) is 36.4 Å². The van der Waals surface area contributed by atoms with E-state index < -0.39 is 12.3 Å². The van der Waals surface area contributed by atoms with Crippen LogP contribution in [0.5, 0.6) is 0 Å². The first-order valence-corrected chi connectivity index (χ1v) is 9.70. The van der Waals surface area contributed by atoms with Crippen molar-refractivity contribution in [3.05, 3.63) is 72.2 Å². The molecule has 1 fully saturated rings. The Morgan fingerprint density at radius 1 is 1.11 bits per heavy atom. The van der Waals surface area contributed by atoms with E-state index in [1.165, 1.54) is 19.2 Å². The van der Waals surface area contributed by atoms with E-state index in [0.29, 0.717) is 11.1 Å². The fourth-order valence-corrected chi connectivity index (χ4v) is 3.77. The number of nitrogens with one attached hydrogen (secondary N) is 2. The van der Waals surface area contributed by atoms with Gasteiger partial charge in [-0.25, -0.2) is 9.97 Å². The van der Waals surface area contributed by atoms with Crippen LogP contribution in [0.3, 0.4) is 0 Å². The maximum absolute atomic E-state index is 12.9. The molecule has 3 aromatic rings. The summed E-state index contributed by atoms with van der Waals surface area (Å²) < 4.78 is 0. The van der Waals surface area contributed by atoms with E-state index in [1.54, 1.807) is 18.3 Å². The molecule has 28 heavy (non-hydrogen) atoms. The van der Waals surface area contributed by atoms with E-state index in [4.69, 9.17) is 0 Å². The maximum atomic E-state index is 12.9. The van der Waals surface area contributed by atoms with Crippen LogP contribution in [0.4, 0.5) is 0 Å². The Morgan fingerprint density at radius 2 is 1.89 bits per heavy atom. The van der Waals surface area contributed by atoms with Gasteiger partial charge in [0, 0.05) is 23.2 Å². The lowest BCUT2D eigenvalue weighted by atomic mass is 10.0. The largest absolute Gasteiger partial charge is 0.376 e. The summed E-state index contributed by atoms with van der Waals surface area (Å²) in [6.07, 6.45) is 6.76. The third-order valence-electron chi connectivity index (χ3n) is 5.29. The van der Waals surface area contributed by atoms with Crippen LogP contribution in [0.25, 0.3) is 10.9 Å². The van der Waals surface area contributed by atoms with Crippen LogP contribution < -0.4 is 10.6 Å². The van der Waals surface area contributed by atoms with Gasteiger partial charge in [-0.3, -0.25) is 10.1 Å². The van der Waals surface area contributed by atoms with Gasteiger partial charge < -0.3 is 10.4 Å². The SMILES string of the molecule is O=C(NC(c1ccccc1)C(O)NC1CCCC1)c1ccc2cncnc2c1. The molecule has 6 nitrogen and oxygen atoms in total. The fraction of sp³-hybridized carbons (Fsp3) is 0.318. The second kappa shape index (κ2) is 8.46. The van der Waals surface area contributed by atoms with Gasteiger partial charge in [0.2, 0.25) is 0 Å². The van der Waals surface area contributed by atoms with Crippen LogP contribution >= 0.6 is 0 Å². The number of aliphatic hydroxyl groups is 1. The number of aromatic nitrogens is 2. The molecule has 144 valence electrons. The van der Waals surface area contributed by atoms with Crippen molar-refractivity contribution in [2.45, 2.75) is 44.0 Å². The summed E-state index contributed by atoms with van der Waals surface area (Å²) in [6, 6.07) is 14.6. The number of nitrogens with zero attached hydrogens (tertiary/aromatic N) is 2. The highest BCUT2D eigenvalue weighted by Crippen LogP contribution is 2.22. The van der Waals surface area contributed by atoms with Gasteiger partial charge in [0.15, 0.2) is 0 Å². The molecule has 3 N–H and O–H groups in total. The lowest BCUT2D eigenvalue weighted by molar-refractivity contribution is 0.0675. The van der Waals surface area contributed by atoms with Crippen molar-refractivity contribution in [1.29, 1.82) is 0 Å². The summed E-state index contributed by atoms with van der Waals surface area (Å²) in [7, 11) is 0. The normalized spacial score (nSPS) is 16.8. The zero-order valence-corrected chi connectivity index (χ0v) is 15.6. The first kappa shape index (κ1) is 18.5. The number of hydrogen-bond donors (Lipinski definition) is 3. The number of carbonyl (C=O) groups excluding carboxylic acids is 1. The minimum atomic E-state index is -0.864. The third kappa shape index (κ3) is 4.18. The predicted molar refractivity (Wildman–Crippen MR) is 108 cm³/mol. The molecular formula is C22H24N4O2. The monoisotopic (exact) mass is 376 g/mol. The van der Waals surface area contributed by atoms with Crippen LogP contribution in [0.1, 0.15) is 47.6 Å². The quantitative estimate of drug-likeness (QED) is 0.576. The average molecular weight is 376 g/mol. The first-order chi connectivity index (χ1) is 13.7. The molecule has 1 aromatic heterocycles. The minimum Gasteiger partial charge on any atom is -0.376 e. The molecule has 2 unspecified atom stereocenters. The minimum absolute atomic E-state index is 0.248. The Balaban J connectivity index is 1.55. The second-order valence-electron chi connectivity index (χ2n) is 7.25. The highest BCUT2D eigenvalue weighted by Gasteiger charge is 2.27. The zero-order chi connectivity index (χ0) is 19.3. The van der Waals surface area contributed by atoms with Crippen LogP contribution in [-0.4, -0.2) is 33.3 Å². The van der Waals surface area contributed by atoms with E-state index in [2.05, 4.69) is 20.6 Å². The number of carbonyl (C=O) groups is 1. The molecular weight excluding hydrogens is 352 g/mol. The molecule has 6 heteroatoms. The Hall–Kier alpha value is -2.83. The van der Waals surface area contributed by atoms with Crippen molar-refractivity contribution in [3.8, 4) is 0 Å². The number of rotatable bonds is 6. The molecule has 0 saturated heterocycles. The van der Waals surface area contributed by atoms with Crippen LogP contribution in [0.15, 0.2) is 61.1 Å². The molecule has 0 spiro atoms. The second-order valence-corrected chi connectivity index (χ2v) is 7.25. The summed E-state index contributed by atoms with van der Waals surface area (Å²) in [4.78, 5) is 21.1. The molecule has 0 bridgehead atoms. The first-order valence-electron chi connectivity index (χ1n) is 9.70. The van der Waals surface area contributed by atoms with Crippen molar-refractivity contribution in [3.63, 3.8) is 0 Å². The summed E-state index contributed by atoms with van der Waals surface area (Å²) in [5.74, 6) is -0.248. The number of amides is 1. The number of aliphatic hydroxyl groups excluding tert-OH is 1. The molecule has 1 aliphatic carbocycles. The zero-order valence-electron chi connectivity index (χ0n) is 15.6. The maximum Gasteiger partial charge on any atom is 0.251 e. The van der Waals surface area contributed by atoms with Gasteiger partial charge in [-0.2, -0.15) is 0 Å². The topological polar surface area (TPSA) is 87.1 Å². The molecule has 4 rings (SSSR count). The van der Waals surface area contributed by atoms with Gasteiger partial charge in [0.05, 0.1) is 11.6 Å². The van der Waals surface area contributed by atoms with E-state index in [0.717, 1.165) is 23.8 Å². The van der Waals surface area contributed by atoms with E-state index in [-0.39, 0.29) is 11.9 Å². The average Bonchev–Trinajstić information content (AvgIpc) is 3.25. The summed E-state index contributed by atoms with van der Waals surface area (Å²) in [5, 5.41) is 18.0. The van der Waals surface area contributed by atoms with Crippen molar-refractivity contribution < 1.29 is 9.90 Å². The van der Waals surface area contributed by atoms with Gasteiger partial charge in [-0.15, -0.1) is 0 Å². The smallest absolute Gasteiger partial charge is 0.251 e. The van der Waals surface area contributed by atoms with Gasteiger partial charge in [-0.1, -0.05) is 49.2 Å². The van der Waals surface area contributed by atoms with Crippen molar-refractivity contribution in [1.82, 2.24) is 20.6 Å². The number of hydrogen-bond acceptors (Lipinski definition) is 5. The van der Waals surface area contributed by atoms with Gasteiger partial charge in [0.25, 0.3) is 5.91 Å². The van der Waals surface area contributed by atoms with Crippen LogP contribution in [-0.2, 0) is 0 Å². The summed E-state index contributed by atoms with van der Waals surface area (Å²) in [6.45, 7) is 0. The van der Waals surface area contributed by atoms with Crippen LogP contribution in [0.2, 0.25) is 0 Å². The predicted octanol–water partition coefficient (Wildman–Crippen LogP) is 2.95. The lowest BCUT2D eigenvalue weighted by Gasteiger charge is -2.28. The van der Waals surface area contributed by atoms with Crippen LogP contribution in [0, 0.1) is 0 Å². The molecule has 1 amide bonds. The molecule has 2 aromatic carbocycles. The van der Waals surface area contributed by atoms with Crippen molar-refractivity contribution in [2.75, 3.05) is 0 Å². The van der Waals surface area contributed by atoms with Crippen molar-refractivity contribution in [2.24, 2.45) is 0 Å². The van der Waals surface area contributed by atoms with Gasteiger partial charge in [-0.05, 0) is 30.5 Å². The Kier molecular flexibility index (Phi) is 5.60. The highest BCUT2D eigenvalue weighted by atomic mass is 16.3. The summed E-state index contributed by atoms with van der Waals surface area (Å²) >= 11 is 0. The summed E-state index contributed by atoms with van der Waals surface area (Å²) in [5.41, 5.74) is 2.07. The standard InChI is InChI=1S/C22H24N4O2/c27-21(16-10-11-17-13-23-14-24-19(17)12-16)26-20(15-6-2-1-3-7-15)22(28)25-18-8-4-5-9-18/h1-3,6-7,10-14,18,20,22,25,28H,4-5,8-9H2,(H,26,27). The van der Waals surface area contributed by atoms with E-state index in [9.17, 15) is 9.90 Å². The Morgan fingerprint density at radius 3 is 2.68 bits per heavy atom. The van der Waals surface area contributed by atoms with Gasteiger partial charge in [0.1, 0.15) is 12.6 Å². The van der Waals surface area contributed by atoms with Gasteiger partial charge >= 0.3 is 0 Å². The third-order valence-corrected chi connectivity index (χ3v) is 5.29. The molecule has 2 atom stereocenters. The highest BCUT2D eigenvalue weighted by molar-refractivity contribution is 5.97. The lowest BCUT2D eigenvalue weighted by Crippen LogP contribution is -2.47. The van der Waals surface area contributed by atoms with E-state index >= 15 is 0 Å². The number of fused-ring (bicyclic) bond motifs is 1. The Labute approximate surface area is 164 Å². The molecule has 1 heterocycles. The molecule has 1 saturated carbocycles. The fourth-order valence-electron chi connectivity index (χ4n) is 3.77. The van der Waals surface area contributed by atoms with Crippen molar-refractivity contribution >= 4 is 16.8 Å². The number of benzene rings is 2. The Bertz CT molecular complexity index is 941.